The van der Waals surface area contributed by atoms with Crippen LogP contribution in [0.4, 0.5) is 0 Å². The van der Waals surface area contributed by atoms with E-state index in [2.05, 4.69) is 4.99 Å². The molecule has 0 aliphatic carbocycles. The number of esters is 1. The quantitative estimate of drug-likeness (QED) is 0.153. The van der Waals surface area contributed by atoms with Gasteiger partial charge in [-0.2, -0.15) is 0 Å². The summed E-state index contributed by atoms with van der Waals surface area (Å²) in [4.78, 5) is 32.4. The lowest BCUT2D eigenvalue weighted by atomic mass is 9.95. The van der Waals surface area contributed by atoms with Crippen molar-refractivity contribution in [2.24, 2.45) is 4.99 Å². The Bertz CT molecular complexity index is 1960. The van der Waals surface area contributed by atoms with E-state index >= 15 is 0 Å². The van der Waals surface area contributed by atoms with Crippen molar-refractivity contribution in [3.8, 4) is 34.5 Å². The van der Waals surface area contributed by atoms with E-state index in [4.69, 9.17) is 33.2 Å². The monoisotopic (exact) mass is 660 g/mol. The molecular weight excluding hydrogens is 624 g/mol. The Hall–Kier alpha value is -5.23. The molecule has 47 heavy (non-hydrogen) atoms. The number of hydrogen-bond donors (Lipinski definition) is 0. The molecule has 1 aliphatic rings. The molecule has 1 aliphatic heterocycles. The first-order valence-corrected chi connectivity index (χ1v) is 15.6. The lowest BCUT2D eigenvalue weighted by Crippen LogP contribution is -2.39. The maximum atomic E-state index is 14.0. The van der Waals surface area contributed by atoms with Crippen molar-refractivity contribution in [2.45, 2.75) is 19.9 Å². The van der Waals surface area contributed by atoms with Crippen LogP contribution < -0.4 is 43.3 Å². The summed E-state index contributed by atoms with van der Waals surface area (Å²) in [5.41, 5.74) is 1.80. The van der Waals surface area contributed by atoms with Crippen LogP contribution in [0.1, 0.15) is 31.0 Å². The third-order valence-electron chi connectivity index (χ3n) is 7.39. The second-order valence-electron chi connectivity index (χ2n) is 10.2. The zero-order valence-electron chi connectivity index (χ0n) is 27.0. The van der Waals surface area contributed by atoms with Crippen molar-refractivity contribution < 1.29 is 38.0 Å². The van der Waals surface area contributed by atoms with Gasteiger partial charge in [0.15, 0.2) is 27.8 Å². The Kier molecular flexibility index (Phi) is 10.5. The van der Waals surface area contributed by atoms with Gasteiger partial charge in [0.1, 0.15) is 24.7 Å². The maximum absolute atomic E-state index is 14.0. The molecule has 0 saturated carbocycles. The Morgan fingerprint density at radius 3 is 2.17 bits per heavy atom. The topological polar surface area (TPSA) is 116 Å². The summed E-state index contributed by atoms with van der Waals surface area (Å²) in [6.07, 6.45) is 1.76. The fourth-order valence-corrected chi connectivity index (χ4v) is 6.20. The van der Waals surface area contributed by atoms with E-state index < -0.39 is 12.0 Å². The molecule has 1 aromatic heterocycles. The number of hydrogen-bond acceptors (Lipinski definition) is 11. The number of ether oxygens (including phenoxy) is 7. The Morgan fingerprint density at radius 2 is 1.49 bits per heavy atom. The van der Waals surface area contributed by atoms with E-state index in [1.807, 2.05) is 30.3 Å². The summed E-state index contributed by atoms with van der Waals surface area (Å²) >= 11 is 1.23. The minimum Gasteiger partial charge on any atom is -0.497 e. The van der Waals surface area contributed by atoms with Crippen LogP contribution in [0.2, 0.25) is 0 Å². The van der Waals surface area contributed by atoms with Gasteiger partial charge in [-0.1, -0.05) is 23.5 Å². The van der Waals surface area contributed by atoms with E-state index in [-0.39, 0.29) is 17.7 Å². The van der Waals surface area contributed by atoms with Crippen molar-refractivity contribution in [3.63, 3.8) is 0 Å². The third-order valence-corrected chi connectivity index (χ3v) is 8.38. The summed E-state index contributed by atoms with van der Waals surface area (Å²) < 4.78 is 40.7. The fraction of sp³-hybridized carbons (Fsp3) is 0.286. The first kappa shape index (κ1) is 33.1. The number of benzene rings is 3. The van der Waals surface area contributed by atoms with Gasteiger partial charge in [0.2, 0.25) is 0 Å². The highest BCUT2D eigenvalue weighted by Gasteiger charge is 2.34. The van der Waals surface area contributed by atoms with Crippen molar-refractivity contribution in [1.82, 2.24) is 4.57 Å². The van der Waals surface area contributed by atoms with E-state index in [1.54, 1.807) is 71.6 Å². The van der Waals surface area contributed by atoms with Crippen LogP contribution in [0.3, 0.4) is 0 Å². The summed E-state index contributed by atoms with van der Waals surface area (Å²) in [5, 5.41) is 0. The zero-order chi connectivity index (χ0) is 33.5. The molecule has 3 aromatic carbocycles. The fourth-order valence-electron chi connectivity index (χ4n) is 5.16. The highest BCUT2D eigenvalue weighted by atomic mass is 32.1. The molecule has 0 bridgehead atoms. The standard InChI is InChI=1S/C35H36N2O9S/c1-7-44-34(39)31-21(2)36-35-37(32(31)23-9-15-26(41-4)29(20-23)43-6)33(38)30(47-35)19-22-8-14-27(28(18-22)42-5)46-17-16-45-25-12-10-24(40-3)11-13-25/h8-15,18-20,32H,7,16-17H2,1-6H3/b30-19+/t32-/m0/s1. The van der Waals surface area contributed by atoms with E-state index in [0.717, 1.165) is 11.3 Å². The smallest absolute Gasteiger partial charge is 0.338 e. The van der Waals surface area contributed by atoms with Crippen LogP contribution in [0, 0.1) is 0 Å². The lowest BCUT2D eigenvalue weighted by molar-refractivity contribution is -0.139. The van der Waals surface area contributed by atoms with Crippen LogP contribution >= 0.6 is 11.3 Å². The van der Waals surface area contributed by atoms with Gasteiger partial charge in [0.05, 0.1) is 56.9 Å². The second kappa shape index (κ2) is 14.9. The minimum absolute atomic E-state index is 0.177. The molecule has 0 saturated heterocycles. The number of fused-ring (bicyclic) bond motifs is 1. The highest BCUT2D eigenvalue weighted by molar-refractivity contribution is 7.07. The molecule has 0 amide bonds. The number of thiazole rings is 1. The third kappa shape index (κ3) is 7.12. The number of carbonyl (C=O) groups is 1. The number of methoxy groups -OCH3 is 4. The normalized spacial score (nSPS) is 14.2. The molecule has 0 unspecified atom stereocenters. The number of carbonyl (C=O) groups excluding carboxylic acids is 1. The largest absolute Gasteiger partial charge is 0.497 e. The molecule has 2 heterocycles. The van der Waals surface area contributed by atoms with Gasteiger partial charge >= 0.3 is 5.97 Å². The molecule has 12 heteroatoms. The molecule has 1 atom stereocenters. The van der Waals surface area contributed by atoms with E-state index in [1.165, 1.54) is 23.0 Å². The van der Waals surface area contributed by atoms with Gasteiger partial charge < -0.3 is 33.2 Å². The average Bonchev–Trinajstić information content (AvgIpc) is 3.39. The molecule has 11 nitrogen and oxygen atoms in total. The predicted octanol–water partition coefficient (Wildman–Crippen LogP) is 4.29. The van der Waals surface area contributed by atoms with Crippen molar-refractivity contribution >= 4 is 23.4 Å². The summed E-state index contributed by atoms with van der Waals surface area (Å²) in [6, 6.07) is 17.2. The van der Waals surface area contributed by atoms with Gasteiger partial charge in [0.25, 0.3) is 5.56 Å². The summed E-state index contributed by atoms with van der Waals surface area (Å²) in [5.74, 6) is 2.93. The number of aromatic nitrogens is 1. The van der Waals surface area contributed by atoms with E-state index in [0.29, 0.717) is 62.6 Å². The zero-order valence-corrected chi connectivity index (χ0v) is 27.8. The second-order valence-corrected chi connectivity index (χ2v) is 11.2. The molecule has 5 rings (SSSR count). The Morgan fingerprint density at radius 1 is 0.830 bits per heavy atom. The van der Waals surface area contributed by atoms with E-state index in [9.17, 15) is 9.59 Å². The van der Waals surface area contributed by atoms with Crippen molar-refractivity contribution in [1.29, 1.82) is 0 Å². The summed E-state index contributed by atoms with van der Waals surface area (Å²) in [6.45, 7) is 4.26. The predicted molar refractivity (Wildman–Crippen MR) is 177 cm³/mol. The van der Waals surface area contributed by atoms with Gasteiger partial charge in [-0.05, 0) is 79.6 Å². The number of rotatable bonds is 13. The molecule has 0 N–H and O–H groups in total. The number of nitrogens with zero attached hydrogens (tertiary/aromatic N) is 2. The van der Waals surface area contributed by atoms with Crippen LogP contribution in [0.25, 0.3) is 6.08 Å². The molecular formula is C35H36N2O9S. The summed E-state index contributed by atoms with van der Waals surface area (Å²) in [7, 11) is 6.24. The van der Waals surface area contributed by atoms with Gasteiger partial charge in [0, 0.05) is 0 Å². The van der Waals surface area contributed by atoms with Crippen LogP contribution in [-0.4, -0.2) is 58.8 Å². The van der Waals surface area contributed by atoms with Gasteiger partial charge in [-0.25, -0.2) is 9.79 Å². The first-order chi connectivity index (χ1) is 22.8. The highest BCUT2D eigenvalue weighted by Crippen LogP contribution is 2.36. The molecule has 0 spiro atoms. The average molecular weight is 661 g/mol. The maximum Gasteiger partial charge on any atom is 0.338 e. The van der Waals surface area contributed by atoms with Gasteiger partial charge in [-0.3, -0.25) is 9.36 Å². The van der Waals surface area contributed by atoms with Crippen molar-refractivity contribution in [2.75, 3.05) is 48.3 Å². The van der Waals surface area contributed by atoms with Crippen LogP contribution in [0.15, 0.2) is 81.7 Å². The Labute approximate surface area is 275 Å². The molecule has 4 aromatic rings. The first-order valence-electron chi connectivity index (χ1n) is 14.8. The SMILES string of the molecule is CCOC(=O)C1=C(C)N=c2s/c(=C/c3ccc(OCCOc4ccc(OC)cc4)c(OC)c3)c(=O)n2[C@H]1c1ccc(OC)c(OC)c1. The Balaban J connectivity index is 1.45. The molecule has 0 radical (unpaired) electrons. The van der Waals surface area contributed by atoms with Crippen LogP contribution in [-0.2, 0) is 9.53 Å². The number of allylic oxidation sites excluding steroid dienone is 1. The lowest BCUT2D eigenvalue weighted by Gasteiger charge is -2.25. The van der Waals surface area contributed by atoms with Crippen LogP contribution in [0.5, 0.6) is 34.5 Å². The molecule has 246 valence electrons. The van der Waals surface area contributed by atoms with Crippen molar-refractivity contribution in [3.05, 3.63) is 103 Å². The minimum atomic E-state index is -0.794. The molecule has 0 fully saturated rings. The van der Waals surface area contributed by atoms with Gasteiger partial charge in [-0.15, -0.1) is 0 Å².